The molecule has 1 aromatic rings. The predicted octanol–water partition coefficient (Wildman–Crippen LogP) is 1.95. The highest BCUT2D eigenvalue weighted by molar-refractivity contribution is 7.07. The van der Waals surface area contributed by atoms with E-state index >= 15 is 0 Å². The second kappa shape index (κ2) is 5.34. The highest BCUT2D eigenvalue weighted by Crippen LogP contribution is 2.36. The molecule has 6 heteroatoms. The number of aromatic nitrogens is 2. The van der Waals surface area contributed by atoms with Crippen LogP contribution in [0.15, 0.2) is 0 Å². The third-order valence-corrected chi connectivity index (χ3v) is 4.52. The summed E-state index contributed by atoms with van der Waals surface area (Å²) in [5.74, 6) is 1.22. The fourth-order valence-electron chi connectivity index (χ4n) is 2.75. The van der Waals surface area contributed by atoms with Crippen LogP contribution in [0.1, 0.15) is 44.9 Å². The lowest BCUT2D eigenvalue weighted by Crippen LogP contribution is -2.41. The smallest absolute Gasteiger partial charge is 0.293 e. The molecule has 106 valence electrons. The monoisotopic (exact) mass is 283 g/mol. The minimum atomic E-state index is 0.0431. The molecule has 1 spiro atoms. The number of hydrogen-bond donors (Lipinski definition) is 1. The van der Waals surface area contributed by atoms with Gasteiger partial charge in [0.1, 0.15) is 11.9 Å². The molecule has 19 heavy (non-hydrogen) atoms. The van der Waals surface area contributed by atoms with Crippen LogP contribution in [-0.2, 0) is 4.74 Å². The van der Waals surface area contributed by atoms with Crippen LogP contribution in [0.5, 0.6) is 5.19 Å². The van der Waals surface area contributed by atoms with Crippen molar-refractivity contribution in [3.63, 3.8) is 0 Å². The van der Waals surface area contributed by atoms with Crippen molar-refractivity contribution < 1.29 is 9.47 Å². The van der Waals surface area contributed by atoms with Gasteiger partial charge in [-0.15, -0.1) is 0 Å². The van der Waals surface area contributed by atoms with E-state index < -0.39 is 0 Å². The maximum atomic E-state index is 6.01. The molecule has 5 nitrogen and oxygen atoms in total. The van der Waals surface area contributed by atoms with Crippen LogP contribution in [0, 0.1) is 0 Å². The Morgan fingerprint density at radius 2 is 2.21 bits per heavy atom. The van der Waals surface area contributed by atoms with E-state index in [2.05, 4.69) is 28.5 Å². The maximum absolute atomic E-state index is 6.01. The van der Waals surface area contributed by atoms with Gasteiger partial charge in [-0.3, -0.25) is 0 Å². The van der Waals surface area contributed by atoms with Crippen molar-refractivity contribution in [1.29, 1.82) is 0 Å². The van der Waals surface area contributed by atoms with Crippen LogP contribution >= 0.6 is 11.5 Å². The number of piperidine rings is 1. The van der Waals surface area contributed by atoms with E-state index in [1.807, 2.05) is 0 Å². The zero-order valence-electron chi connectivity index (χ0n) is 11.5. The standard InChI is InChI=1S/C13H21N3O2S/c1-9(2)11-15-12(19-16-11)18-10-7-13(17-8-10)3-5-14-6-4-13/h9-10,14H,3-8H2,1-2H3. The minimum Gasteiger partial charge on any atom is -0.463 e. The van der Waals surface area contributed by atoms with Gasteiger partial charge in [-0.2, -0.15) is 9.36 Å². The average molecular weight is 283 g/mol. The molecule has 0 saturated carbocycles. The first-order valence-electron chi connectivity index (χ1n) is 7.02. The Balaban J connectivity index is 1.58. The van der Waals surface area contributed by atoms with Crippen LogP contribution < -0.4 is 10.1 Å². The van der Waals surface area contributed by atoms with Gasteiger partial charge in [0.2, 0.25) is 0 Å². The first-order valence-corrected chi connectivity index (χ1v) is 7.79. The molecule has 1 N–H and O–H groups in total. The van der Waals surface area contributed by atoms with Crippen molar-refractivity contribution in [3.8, 4) is 5.19 Å². The molecule has 2 aliphatic rings. The Morgan fingerprint density at radius 3 is 2.89 bits per heavy atom. The van der Waals surface area contributed by atoms with E-state index in [4.69, 9.17) is 9.47 Å². The summed E-state index contributed by atoms with van der Waals surface area (Å²) in [5.41, 5.74) is 0.0431. The Labute approximate surface area is 117 Å². The van der Waals surface area contributed by atoms with Gasteiger partial charge in [-0.05, 0) is 25.9 Å². The van der Waals surface area contributed by atoms with E-state index in [1.165, 1.54) is 11.5 Å². The predicted molar refractivity (Wildman–Crippen MR) is 73.8 cm³/mol. The summed E-state index contributed by atoms with van der Waals surface area (Å²) in [7, 11) is 0. The largest absolute Gasteiger partial charge is 0.463 e. The lowest BCUT2D eigenvalue weighted by Gasteiger charge is -2.32. The molecule has 1 aromatic heterocycles. The molecule has 2 aliphatic heterocycles. The Hall–Kier alpha value is -0.720. The number of hydrogen-bond acceptors (Lipinski definition) is 6. The van der Waals surface area contributed by atoms with E-state index in [0.717, 1.165) is 38.2 Å². The highest BCUT2D eigenvalue weighted by Gasteiger charge is 2.42. The van der Waals surface area contributed by atoms with Gasteiger partial charge in [0.15, 0.2) is 0 Å². The van der Waals surface area contributed by atoms with Crippen molar-refractivity contribution in [1.82, 2.24) is 14.7 Å². The van der Waals surface area contributed by atoms with Crippen molar-refractivity contribution >= 4 is 11.5 Å². The molecule has 0 radical (unpaired) electrons. The molecule has 0 aliphatic carbocycles. The van der Waals surface area contributed by atoms with Gasteiger partial charge in [-0.1, -0.05) is 13.8 Å². The number of ether oxygens (including phenoxy) is 2. The summed E-state index contributed by atoms with van der Waals surface area (Å²) in [5, 5.41) is 4.06. The molecule has 0 amide bonds. The molecule has 1 atom stereocenters. The van der Waals surface area contributed by atoms with Gasteiger partial charge >= 0.3 is 0 Å². The van der Waals surface area contributed by atoms with E-state index in [0.29, 0.717) is 17.7 Å². The van der Waals surface area contributed by atoms with Crippen molar-refractivity contribution in [2.24, 2.45) is 0 Å². The van der Waals surface area contributed by atoms with Gasteiger partial charge in [0.05, 0.1) is 12.2 Å². The number of rotatable bonds is 3. The zero-order chi connectivity index (χ0) is 13.3. The molecule has 2 saturated heterocycles. The quantitative estimate of drug-likeness (QED) is 0.919. The summed E-state index contributed by atoms with van der Waals surface area (Å²) < 4.78 is 16.3. The minimum absolute atomic E-state index is 0.0431. The van der Waals surface area contributed by atoms with E-state index in [1.54, 1.807) is 0 Å². The normalized spacial score (nSPS) is 26.2. The van der Waals surface area contributed by atoms with Gasteiger partial charge < -0.3 is 14.8 Å². The summed E-state index contributed by atoms with van der Waals surface area (Å²) in [4.78, 5) is 4.42. The lowest BCUT2D eigenvalue weighted by atomic mass is 9.89. The fraction of sp³-hybridized carbons (Fsp3) is 0.846. The molecule has 3 heterocycles. The molecule has 0 aromatic carbocycles. The summed E-state index contributed by atoms with van der Waals surface area (Å²) in [6.45, 7) is 6.95. The first kappa shape index (κ1) is 13.3. The van der Waals surface area contributed by atoms with Crippen molar-refractivity contribution in [2.45, 2.75) is 50.7 Å². The SMILES string of the molecule is CC(C)c1nsc(OC2COC3(CCNCC3)C2)n1. The molecule has 1 unspecified atom stereocenters. The van der Waals surface area contributed by atoms with Gasteiger partial charge in [-0.25, -0.2) is 0 Å². The number of nitrogens with zero attached hydrogens (tertiary/aromatic N) is 2. The second-order valence-electron chi connectivity index (χ2n) is 5.76. The van der Waals surface area contributed by atoms with Crippen molar-refractivity contribution in [3.05, 3.63) is 5.82 Å². The van der Waals surface area contributed by atoms with Crippen molar-refractivity contribution in [2.75, 3.05) is 19.7 Å². The van der Waals surface area contributed by atoms with E-state index in [-0.39, 0.29) is 11.7 Å². The summed E-state index contributed by atoms with van der Waals surface area (Å²) in [6.07, 6.45) is 3.28. The summed E-state index contributed by atoms with van der Waals surface area (Å²) >= 11 is 1.35. The molecule has 0 bridgehead atoms. The third-order valence-electron chi connectivity index (χ3n) is 3.90. The zero-order valence-corrected chi connectivity index (χ0v) is 12.3. The van der Waals surface area contributed by atoms with E-state index in [9.17, 15) is 0 Å². The van der Waals surface area contributed by atoms with Crippen LogP contribution in [0.2, 0.25) is 0 Å². The van der Waals surface area contributed by atoms with Crippen LogP contribution in [0.25, 0.3) is 0 Å². The second-order valence-corrected chi connectivity index (χ2v) is 6.48. The topological polar surface area (TPSA) is 56.3 Å². The first-order chi connectivity index (χ1) is 9.17. The molecular formula is C13H21N3O2S. The van der Waals surface area contributed by atoms with Crippen LogP contribution in [0.3, 0.4) is 0 Å². The molecular weight excluding hydrogens is 262 g/mol. The van der Waals surface area contributed by atoms with Crippen LogP contribution in [-0.4, -0.2) is 40.8 Å². The van der Waals surface area contributed by atoms with Gasteiger partial charge in [0.25, 0.3) is 5.19 Å². The third kappa shape index (κ3) is 2.90. The Kier molecular flexibility index (Phi) is 3.73. The van der Waals surface area contributed by atoms with Gasteiger partial charge in [0, 0.05) is 23.9 Å². The highest BCUT2D eigenvalue weighted by atomic mass is 32.1. The average Bonchev–Trinajstić information content (AvgIpc) is 2.99. The molecule has 3 rings (SSSR count). The van der Waals surface area contributed by atoms with Crippen LogP contribution in [0.4, 0.5) is 0 Å². The fourth-order valence-corrected chi connectivity index (χ4v) is 3.49. The lowest BCUT2D eigenvalue weighted by molar-refractivity contribution is -0.0205. The number of nitrogens with one attached hydrogen (secondary N) is 1. The molecule has 2 fully saturated rings. The Morgan fingerprint density at radius 1 is 1.42 bits per heavy atom. The summed E-state index contributed by atoms with van der Waals surface area (Å²) in [6, 6.07) is 0. The maximum Gasteiger partial charge on any atom is 0.293 e. The Bertz CT molecular complexity index is 429.